The first-order valence-electron chi connectivity index (χ1n) is 9.73. The van der Waals surface area contributed by atoms with Crippen molar-refractivity contribution >= 4 is 60.2 Å². The van der Waals surface area contributed by atoms with Crippen molar-refractivity contribution in [2.24, 2.45) is 0 Å². The third-order valence-electron chi connectivity index (χ3n) is 6.35. The van der Waals surface area contributed by atoms with Crippen molar-refractivity contribution in [2.75, 3.05) is 0 Å². The van der Waals surface area contributed by atoms with E-state index in [0.717, 1.165) is 7.10 Å². The van der Waals surface area contributed by atoms with Gasteiger partial charge in [0.05, 0.1) is 0 Å². The van der Waals surface area contributed by atoms with Gasteiger partial charge in [-0.1, -0.05) is 0 Å². The van der Waals surface area contributed by atoms with Crippen molar-refractivity contribution in [3.05, 3.63) is 108 Å². The van der Waals surface area contributed by atoms with E-state index in [4.69, 9.17) is 26.4 Å². The van der Waals surface area contributed by atoms with Gasteiger partial charge in [-0.3, -0.25) is 0 Å². The molecule has 149 valence electrons. The molecule has 0 bridgehead atoms. The predicted molar refractivity (Wildman–Crippen MR) is 135 cm³/mol. The van der Waals surface area contributed by atoms with Gasteiger partial charge in [0.15, 0.2) is 0 Å². The fourth-order valence-corrected chi connectivity index (χ4v) is 30.3. The van der Waals surface area contributed by atoms with E-state index in [1.54, 1.807) is 11.8 Å². The van der Waals surface area contributed by atoms with Crippen LogP contribution in [-0.4, -0.2) is 0 Å². The number of hydrogen-bond acceptors (Lipinski definition) is 2. The van der Waals surface area contributed by atoms with Crippen molar-refractivity contribution in [1.82, 2.24) is 0 Å². The molecule has 0 nitrogen and oxygen atoms in total. The molecule has 1 heterocycles. The first kappa shape index (κ1) is 20.4. The monoisotopic (exact) mass is 607 g/mol. The van der Waals surface area contributed by atoms with Crippen LogP contribution in [0, 0.1) is 0 Å². The van der Waals surface area contributed by atoms with Crippen molar-refractivity contribution < 1.29 is 14.9 Å². The molecule has 0 amide bonds. The maximum absolute atomic E-state index is 7.66. The van der Waals surface area contributed by atoms with E-state index in [9.17, 15) is 0 Å². The molecular weight excluding hydrogens is 594 g/mol. The average molecular weight is 611 g/mol. The second-order valence-corrected chi connectivity index (χ2v) is 37.2. The predicted octanol–water partition coefficient (Wildman–Crippen LogP) is 9.05. The van der Waals surface area contributed by atoms with Gasteiger partial charge in [-0.15, -0.1) is 0 Å². The Kier molecular flexibility index (Phi) is 4.68. The molecule has 0 fully saturated rings. The summed E-state index contributed by atoms with van der Waals surface area (Å²) in [4.78, 5) is 0. The number of halogens is 3. The van der Waals surface area contributed by atoms with Crippen LogP contribution >= 0.6 is 54.1 Å². The van der Waals surface area contributed by atoms with Crippen molar-refractivity contribution in [3.8, 4) is 11.1 Å². The molecule has 0 spiro atoms. The molecule has 0 N–H and O–H groups in total. The van der Waals surface area contributed by atoms with Crippen LogP contribution in [0.5, 0.6) is 0 Å². The molecule has 1 aliphatic heterocycles. The van der Waals surface area contributed by atoms with Gasteiger partial charge in [-0.2, -0.15) is 0 Å². The van der Waals surface area contributed by atoms with E-state index in [0.29, 0.717) is 0 Å². The SMILES string of the molecule is [SH][Zr]([Cl])([Cl])([C]1=C(Br)SC2C1=Cc1ccccc12)[CH]1c2ccccc2-c2ccccc21. The Morgan fingerprint density at radius 2 is 1.33 bits per heavy atom. The molecule has 6 rings (SSSR count). The molecule has 3 aromatic rings. The Morgan fingerprint density at radius 1 is 0.800 bits per heavy atom. The van der Waals surface area contributed by atoms with Crippen LogP contribution < -0.4 is 0 Å². The van der Waals surface area contributed by atoms with Crippen molar-refractivity contribution in [2.45, 2.75) is 8.88 Å². The second kappa shape index (κ2) is 6.89. The van der Waals surface area contributed by atoms with E-state index in [2.05, 4.69) is 94.8 Å². The van der Waals surface area contributed by atoms with Crippen LogP contribution in [0.2, 0.25) is 0 Å². The zero-order chi connectivity index (χ0) is 20.7. The minimum absolute atomic E-state index is 0.1000. The van der Waals surface area contributed by atoms with Crippen LogP contribution in [-0.2, 0) is 14.9 Å². The van der Waals surface area contributed by atoms with E-state index in [-0.39, 0.29) is 8.88 Å². The Labute approximate surface area is 200 Å². The van der Waals surface area contributed by atoms with E-state index in [1.807, 2.05) is 0 Å². The molecule has 0 saturated heterocycles. The zero-order valence-electron chi connectivity index (χ0n) is 15.6. The van der Waals surface area contributed by atoms with Crippen LogP contribution in [0.15, 0.2) is 85.5 Å². The summed E-state index contributed by atoms with van der Waals surface area (Å²) in [5.41, 5.74) is 8.63. The molecule has 1 unspecified atom stereocenters. The fraction of sp³-hybridized carbons (Fsp3) is 0.0833. The maximum atomic E-state index is 7.66. The molecule has 30 heavy (non-hydrogen) atoms. The Bertz CT molecular complexity index is 1260. The first-order chi connectivity index (χ1) is 14.4. The van der Waals surface area contributed by atoms with Gasteiger partial charge in [0.2, 0.25) is 0 Å². The summed E-state index contributed by atoms with van der Waals surface area (Å²) in [6.07, 6.45) is 2.26. The molecule has 3 aromatic carbocycles. The molecule has 1 atom stereocenters. The molecule has 6 heteroatoms. The molecular formula is C24H16BrCl2S2Zr. The van der Waals surface area contributed by atoms with Crippen LogP contribution in [0.1, 0.15) is 31.1 Å². The third-order valence-corrected chi connectivity index (χ3v) is 24.9. The quantitative estimate of drug-likeness (QED) is 0.283. The van der Waals surface area contributed by atoms with Crippen molar-refractivity contribution in [1.29, 1.82) is 0 Å². The number of thioether (sulfide) groups is 1. The number of benzene rings is 3. The summed E-state index contributed by atoms with van der Waals surface area (Å²) in [5.74, 6) is 0. The topological polar surface area (TPSA) is 0 Å². The molecule has 0 saturated carbocycles. The Balaban J connectivity index is 1.58. The van der Waals surface area contributed by atoms with Crippen molar-refractivity contribution in [3.63, 3.8) is 0 Å². The molecule has 3 aliphatic rings. The van der Waals surface area contributed by atoms with Crippen LogP contribution in [0.4, 0.5) is 0 Å². The minimum atomic E-state index is -4.89. The number of rotatable bonds is 2. The number of hydrogen-bond donors (Lipinski definition) is 1. The number of fused-ring (bicyclic) bond motifs is 6. The van der Waals surface area contributed by atoms with Gasteiger partial charge in [0.25, 0.3) is 0 Å². The van der Waals surface area contributed by atoms with E-state index < -0.39 is 14.9 Å². The summed E-state index contributed by atoms with van der Waals surface area (Å²) >= 11 is 0.757. The summed E-state index contributed by atoms with van der Waals surface area (Å²) in [6, 6.07) is 25.5. The molecule has 0 aromatic heterocycles. The molecule has 0 radical (unpaired) electrons. The molecule has 2 aliphatic carbocycles. The standard InChI is InChI=1S/C13H9.C11H6BrS.2ClH.H2S.Zr/c1-3-7-12-10(5-1)9-11-6-2-4-8-13(11)12;12-10-6-8-5-7-3-1-2-4-9(7)11(8)13-10;;;;/h1-9H;1-5,11H;2*1H;1H2;/q;;;;;+3/p-3. The van der Waals surface area contributed by atoms with Crippen LogP contribution in [0.3, 0.4) is 0 Å². The average Bonchev–Trinajstić information content (AvgIpc) is 3.35. The van der Waals surface area contributed by atoms with Gasteiger partial charge in [-0.05, 0) is 0 Å². The van der Waals surface area contributed by atoms with Gasteiger partial charge in [-0.25, -0.2) is 0 Å². The van der Waals surface area contributed by atoms with Gasteiger partial charge >= 0.3 is 203 Å². The third kappa shape index (κ3) is 2.77. The summed E-state index contributed by atoms with van der Waals surface area (Å²) < 4.78 is 2.00. The van der Waals surface area contributed by atoms with Crippen LogP contribution in [0.25, 0.3) is 17.2 Å². The second-order valence-electron chi connectivity index (χ2n) is 8.02. The normalized spacial score (nSPS) is 20.9. The number of thiol groups is 1. The van der Waals surface area contributed by atoms with E-state index in [1.165, 1.54) is 39.0 Å². The van der Waals surface area contributed by atoms with Gasteiger partial charge in [0.1, 0.15) is 0 Å². The Hall–Kier alpha value is -0.217. The zero-order valence-corrected chi connectivity index (χ0v) is 22.9. The van der Waals surface area contributed by atoms with E-state index >= 15 is 0 Å². The first-order valence-corrected chi connectivity index (χ1v) is 24.1. The van der Waals surface area contributed by atoms with Gasteiger partial charge in [0, 0.05) is 0 Å². The fourth-order valence-electron chi connectivity index (χ4n) is 5.16. The van der Waals surface area contributed by atoms with Gasteiger partial charge < -0.3 is 0 Å². The Morgan fingerprint density at radius 3 is 1.97 bits per heavy atom. The summed E-state index contributed by atoms with van der Waals surface area (Å²) in [5, 5.41) is 0.231. The summed E-state index contributed by atoms with van der Waals surface area (Å²) in [6.45, 7) is 0. The number of allylic oxidation sites excluding steroid dienone is 1. The summed E-state index contributed by atoms with van der Waals surface area (Å²) in [7, 11) is 20.6.